The van der Waals surface area contributed by atoms with Crippen molar-refractivity contribution < 1.29 is 4.79 Å². The standard InChI is InChI=1S/C17H24BrN3O/c1-16(19,13-2-4-14(18)5-3-13)15(22)21-10-7-17(8-11-21)6-9-20-12-17/h2-5,20H,6-12,19H2,1H3. The number of piperidine rings is 1. The Morgan fingerprint density at radius 2 is 1.91 bits per heavy atom. The predicted molar refractivity (Wildman–Crippen MR) is 91.4 cm³/mol. The fraction of sp³-hybridized carbons (Fsp3) is 0.588. The summed E-state index contributed by atoms with van der Waals surface area (Å²) in [5.74, 6) is 0.0376. The summed E-state index contributed by atoms with van der Waals surface area (Å²) in [7, 11) is 0. The van der Waals surface area contributed by atoms with Crippen LogP contribution in [0.4, 0.5) is 0 Å². The van der Waals surface area contributed by atoms with Crippen molar-refractivity contribution in [3.05, 3.63) is 34.3 Å². The van der Waals surface area contributed by atoms with E-state index in [-0.39, 0.29) is 5.91 Å². The lowest BCUT2D eigenvalue weighted by Crippen LogP contribution is -2.54. The molecule has 0 aliphatic carbocycles. The number of benzene rings is 1. The van der Waals surface area contributed by atoms with Gasteiger partial charge in [0.15, 0.2) is 0 Å². The number of carbonyl (C=O) groups is 1. The number of hydrogen-bond donors (Lipinski definition) is 2. The predicted octanol–water partition coefficient (Wildman–Crippen LogP) is 2.23. The fourth-order valence-electron chi connectivity index (χ4n) is 3.65. The molecule has 22 heavy (non-hydrogen) atoms. The van der Waals surface area contributed by atoms with E-state index in [1.165, 1.54) is 6.42 Å². The van der Waals surface area contributed by atoms with E-state index in [1.54, 1.807) is 0 Å². The first-order valence-electron chi connectivity index (χ1n) is 7.98. The molecule has 1 aromatic rings. The third-order valence-electron chi connectivity index (χ3n) is 5.33. The molecule has 4 nitrogen and oxygen atoms in total. The Bertz CT molecular complexity index is 540. The van der Waals surface area contributed by atoms with Crippen molar-refractivity contribution in [2.45, 2.75) is 31.7 Å². The number of nitrogens with one attached hydrogen (secondary N) is 1. The van der Waals surface area contributed by atoms with Gasteiger partial charge in [0.2, 0.25) is 5.91 Å². The zero-order valence-electron chi connectivity index (χ0n) is 13.1. The topological polar surface area (TPSA) is 58.4 Å². The second-order valence-corrected chi connectivity index (χ2v) is 7.84. The minimum absolute atomic E-state index is 0.0376. The van der Waals surface area contributed by atoms with E-state index < -0.39 is 5.54 Å². The Balaban J connectivity index is 1.69. The van der Waals surface area contributed by atoms with E-state index in [1.807, 2.05) is 36.1 Å². The van der Waals surface area contributed by atoms with Crippen LogP contribution in [0.2, 0.25) is 0 Å². The van der Waals surface area contributed by atoms with E-state index in [0.717, 1.165) is 49.1 Å². The van der Waals surface area contributed by atoms with Crippen molar-refractivity contribution in [1.29, 1.82) is 0 Å². The van der Waals surface area contributed by atoms with Crippen LogP contribution in [0.15, 0.2) is 28.7 Å². The molecule has 0 aromatic heterocycles. The van der Waals surface area contributed by atoms with Gasteiger partial charge in [0.05, 0.1) is 0 Å². The monoisotopic (exact) mass is 365 g/mol. The van der Waals surface area contributed by atoms with Gasteiger partial charge in [0, 0.05) is 24.1 Å². The third kappa shape index (κ3) is 2.94. The van der Waals surface area contributed by atoms with Crippen molar-refractivity contribution in [2.75, 3.05) is 26.2 Å². The molecule has 3 rings (SSSR count). The maximum atomic E-state index is 12.9. The van der Waals surface area contributed by atoms with Crippen molar-refractivity contribution in [3.8, 4) is 0 Å². The van der Waals surface area contributed by atoms with E-state index in [9.17, 15) is 4.79 Å². The van der Waals surface area contributed by atoms with Crippen LogP contribution in [0.1, 0.15) is 31.7 Å². The summed E-state index contributed by atoms with van der Waals surface area (Å²) >= 11 is 3.42. The van der Waals surface area contributed by atoms with Gasteiger partial charge in [-0.2, -0.15) is 0 Å². The Morgan fingerprint density at radius 1 is 1.27 bits per heavy atom. The van der Waals surface area contributed by atoms with E-state index in [0.29, 0.717) is 5.41 Å². The molecular weight excluding hydrogens is 342 g/mol. The van der Waals surface area contributed by atoms with E-state index in [2.05, 4.69) is 21.2 Å². The zero-order chi connectivity index (χ0) is 15.8. The summed E-state index contributed by atoms with van der Waals surface area (Å²) in [6.07, 6.45) is 3.41. The number of likely N-dealkylation sites (tertiary alicyclic amines) is 1. The SMILES string of the molecule is CC(N)(C(=O)N1CCC2(CCNC2)CC1)c1ccc(Br)cc1. The Hall–Kier alpha value is -0.910. The van der Waals surface area contributed by atoms with Crippen LogP contribution >= 0.6 is 15.9 Å². The van der Waals surface area contributed by atoms with Crippen LogP contribution in [0.5, 0.6) is 0 Å². The molecule has 3 N–H and O–H groups in total. The van der Waals surface area contributed by atoms with Gasteiger partial charge in [0.25, 0.3) is 0 Å². The number of halogens is 1. The molecule has 0 radical (unpaired) electrons. The first-order chi connectivity index (χ1) is 10.4. The van der Waals surface area contributed by atoms with Crippen molar-refractivity contribution in [3.63, 3.8) is 0 Å². The normalized spacial score (nSPS) is 23.5. The average molecular weight is 366 g/mol. The van der Waals surface area contributed by atoms with E-state index >= 15 is 0 Å². The van der Waals surface area contributed by atoms with Gasteiger partial charge in [-0.3, -0.25) is 4.79 Å². The highest BCUT2D eigenvalue weighted by molar-refractivity contribution is 9.10. The van der Waals surface area contributed by atoms with Crippen molar-refractivity contribution in [2.24, 2.45) is 11.1 Å². The summed E-state index contributed by atoms with van der Waals surface area (Å²) < 4.78 is 0.994. The van der Waals surface area contributed by atoms with Gasteiger partial charge >= 0.3 is 0 Å². The molecule has 2 aliphatic rings. The van der Waals surface area contributed by atoms with Gasteiger partial charge in [-0.1, -0.05) is 28.1 Å². The first kappa shape index (κ1) is 16.0. The van der Waals surface area contributed by atoms with Gasteiger partial charge < -0.3 is 16.0 Å². The van der Waals surface area contributed by atoms with Gasteiger partial charge in [-0.05, 0) is 55.8 Å². The number of nitrogens with zero attached hydrogens (tertiary/aromatic N) is 1. The molecule has 2 saturated heterocycles. The van der Waals surface area contributed by atoms with Gasteiger partial charge in [0.1, 0.15) is 5.54 Å². The van der Waals surface area contributed by atoms with Crippen LogP contribution in [-0.2, 0) is 10.3 Å². The average Bonchev–Trinajstić information content (AvgIpc) is 2.96. The minimum atomic E-state index is -0.959. The molecule has 0 saturated carbocycles. The third-order valence-corrected chi connectivity index (χ3v) is 5.86. The summed E-state index contributed by atoms with van der Waals surface area (Å²) in [5, 5.41) is 3.46. The molecule has 1 spiro atoms. The van der Waals surface area contributed by atoms with Crippen LogP contribution < -0.4 is 11.1 Å². The highest BCUT2D eigenvalue weighted by Crippen LogP contribution is 2.37. The number of rotatable bonds is 2. The lowest BCUT2D eigenvalue weighted by molar-refractivity contribution is -0.139. The largest absolute Gasteiger partial charge is 0.341 e. The van der Waals surface area contributed by atoms with Gasteiger partial charge in [-0.25, -0.2) is 0 Å². The quantitative estimate of drug-likeness (QED) is 0.844. The smallest absolute Gasteiger partial charge is 0.246 e. The van der Waals surface area contributed by atoms with Crippen LogP contribution in [0, 0.1) is 5.41 Å². The molecule has 5 heteroatoms. The van der Waals surface area contributed by atoms with Crippen LogP contribution in [0.3, 0.4) is 0 Å². The second kappa shape index (κ2) is 5.95. The summed E-state index contributed by atoms with van der Waals surface area (Å²) in [6, 6.07) is 7.72. The molecule has 120 valence electrons. The lowest BCUT2D eigenvalue weighted by Gasteiger charge is -2.41. The minimum Gasteiger partial charge on any atom is -0.341 e. The molecular formula is C17H24BrN3O. The highest BCUT2D eigenvalue weighted by Gasteiger charge is 2.41. The Kier molecular flexibility index (Phi) is 4.32. The van der Waals surface area contributed by atoms with Crippen molar-refractivity contribution >= 4 is 21.8 Å². The first-order valence-corrected chi connectivity index (χ1v) is 8.77. The molecule has 2 fully saturated rings. The number of carbonyl (C=O) groups excluding carboxylic acids is 1. The Labute approximate surface area is 140 Å². The number of amides is 1. The summed E-state index contributed by atoms with van der Waals surface area (Å²) in [5.41, 5.74) is 6.71. The summed E-state index contributed by atoms with van der Waals surface area (Å²) in [6.45, 7) is 5.68. The van der Waals surface area contributed by atoms with E-state index in [4.69, 9.17) is 5.73 Å². The molecule has 1 amide bonds. The number of hydrogen-bond acceptors (Lipinski definition) is 3. The maximum Gasteiger partial charge on any atom is 0.246 e. The molecule has 2 heterocycles. The lowest BCUT2D eigenvalue weighted by atomic mass is 9.77. The second-order valence-electron chi connectivity index (χ2n) is 6.93. The molecule has 0 bridgehead atoms. The molecule has 1 unspecified atom stereocenters. The van der Waals surface area contributed by atoms with Crippen molar-refractivity contribution in [1.82, 2.24) is 10.2 Å². The Morgan fingerprint density at radius 3 is 2.45 bits per heavy atom. The molecule has 1 aromatic carbocycles. The van der Waals surface area contributed by atoms with Crippen LogP contribution in [-0.4, -0.2) is 37.0 Å². The number of nitrogens with two attached hydrogens (primary N) is 1. The van der Waals surface area contributed by atoms with Crippen LogP contribution in [0.25, 0.3) is 0 Å². The maximum absolute atomic E-state index is 12.9. The summed E-state index contributed by atoms with van der Waals surface area (Å²) in [4.78, 5) is 14.8. The molecule has 1 atom stereocenters. The fourth-order valence-corrected chi connectivity index (χ4v) is 3.92. The zero-order valence-corrected chi connectivity index (χ0v) is 14.7. The highest BCUT2D eigenvalue weighted by atomic mass is 79.9. The van der Waals surface area contributed by atoms with Gasteiger partial charge in [-0.15, -0.1) is 0 Å². The molecule has 2 aliphatic heterocycles.